The molecule has 8 heteroatoms. The third kappa shape index (κ3) is 8.61. The third-order valence-corrected chi connectivity index (χ3v) is 5.50. The number of hydrogen-bond donors (Lipinski definition) is 3. The van der Waals surface area contributed by atoms with Gasteiger partial charge in [0.25, 0.3) is 0 Å². The molecule has 0 fully saturated rings. The predicted octanol–water partition coefficient (Wildman–Crippen LogP) is 3.52. The summed E-state index contributed by atoms with van der Waals surface area (Å²) < 4.78 is 5.13. The predicted molar refractivity (Wildman–Crippen MR) is 132 cm³/mol. The Morgan fingerprint density at radius 1 is 1.14 bits per heavy atom. The Morgan fingerprint density at radius 3 is 2.45 bits per heavy atom. The van der Waals surface area contributed by atoms with Crippen molar-refractivity contribution in [2.45, 2.75) is 32.7 Å². The largest absolute Gasteiger partial charge is 0.497 e. The Kier molecular flexibility index (Phi) is 11.0. The zero-order chi connectivity index (χ0) is 20.4. The van der Waals surface area contributed by atoms with Gasteiger partial charge in [-0.05, 0) is 36.1 Å². The van der Waals surface area contributed by atoms with Crippen LogP contribution in [0.1, 0.15) is 31.2 Å². The van der Waals surface area contributed by atoms with Crippen molar-refractivity contribution < 1.29 is 9.53 Å². The number of hydrogen-bond acceptors (Lipinski definition) is 4. The molecule has 1 heterocycles. The molecule has 3 N–H and O–H groups in total. The first-order valence-corrected chi connectivity index (χ1v) is 10.3. The molecule has 1 aromatic heterocycles. The molecule has 0 saturated heterocycles. The lowest BCUT2D eigenvalue weighted by Gasteiger charge is -2.25. The van der Waals surface area contributed by atoms with E-state index in [0.717, 1.165) is 24.4 Å². The molecule has 0 bridgehead atoms. The second-order valence-corrected chi connectivity index (χ2v) is 7.98. The first-order valence-electron chi connectivity index (χ1n) is 9.40. The molecule has 0 saturated carbocycles. The van der Waals surface area contributed by atoms with Gasteiger partial charge in [-0.2, -0.15) is 0 Å². The van der Waals surface area contributed by atoms with Crippen LogP contribution in [0, 0.1) is 0 Å². The maximum Gasteiger partial charge on any atom is 0.242 e. The Morgan fingerprint density at radius 2 is 1.86 bits per heavy atom. The van der Waals surface area contributed by atoms with Crippen molar-refractivity contribution in [1.82, 2.24) is 16.0 Å². The summed E-state index contributed by atoms with van der Waals surface area (Å²) in [5.74, 6) is 1.32. The molecule has 0 aliphatic rings. The smallest absolute Gasteiger partial charge is 0.242 e. The molecule has 2 aromatic rings. The number of guanidine groups is 1. The quantitative estimate of drug-likeness (QED) is 0.264. The first-order chi connectivity index (χ1) is 13.4. The Hall–Kier alpha value is -1.81. The van der Waals surface area contributed by atoms with E-state index in [0.29, 0.717) is 12.5 Å². The minimum Gasteiger partial charge on any atom is -0.497 e. The van der Waals surface area contributed by atoms with Crippen LogP contribution in [0.3, 0.4) is 0 Å². The number of aliphatic imine (C=N–C) groups is 1. The highest BCUT2D eigenvalue weighted by molar-refractivity contribution is 14.0. The number of nitrogens with zero attached hydrogens (tertiary/aromatic N) is 1. The monoisotopic (exact) mass is 530 g/mol. The van der Waals surface area contributed by atoms with Crippen molar-refractivity contribution in [3.63, 3.8) is 0 Å². The van der Waals surface area contributed by atoms with Crippen molar-refractivity contribution in [3.8, 4) is 5.75 Å². The summed E-state index contributed by atoms with van der Waals surface area (Å²) in [4.78, 5) is 17.9. The van der Waals surface area contributed by atoms with E-state index in [1.165, 1.54) is 4.88 Å². The van der Waals surface area contributed by atoms with Crippen LogP contribution in [0.2, 0.25) is 0 Å². The maximum absolute atomic E-state index is 12.1. The molecular formula is C21H31IN4O2S. The summed E-state index contributed by atoms with van der Waals surface area (Å²) in [5.41, 5.74) is 1.00. The Balaban J connectivity index is 0.00000420. The lowest BCUT2D eigenvalue weighted by atomic mass is 9.91. The van der Waals surface area contributed by atoms with Gasteiger partial charge < -0.3 is 20.7 Å². The molecule has 1 aromatic carbocycles. The lowest BCUT2D eigenvalue weighted by molar-refractivity contribution is -0.119. The zero-order valence-electron chi connectivity index (χ0n) is 17.5. The van der Waals surface area contributed by atoms with Gasteiger partial charge in [-0.15, -0.1) is 35.3 Å². The molecule has 2 rings (SSSR count). The normalized spacial score (nSPS) is 11.4. The fraction of sp³-hybridized carbons (Fsp3) is 0.429. The van der Waals surface area contributed by atoms with Gasteiger partial charge in [0.2, 0.25) is 5.91 Å². The number of amides is 1. The molecule has 0 radical (unpaired) electrons. The van der Waals surface area contributed by atoms with Crippen LogP contribution in [0.15, 0.2) is 46.8 Å². The molecule has 0 aliphatic carbocycles. The molecule has 0 atom stereocenters. The van der Waals surface area contributed by atoms with Crippen molar-refractivity contribution in [3.05, 3.63) is 52.2 Å². The van der Waals surface area contributed by atoms with Gasteiger partial charge >= 0.3 is 0 Å². The summed E-state index contributed by atoms with van der Waals surface area (Å²) in [6, 6.07) is 11.8. The second kappa shape index (κ2) is 12.7. The van der Waals surface area contributed by atoms with Crippen molar-refractivity contribution in [2.24, 2.45) is 4.99 Å². The average Bonchev–Trinajstić information content (AvgIpc) is 3.25. The van der Waals surface area contributed by atoms with Crippen molar-refractivity contribution in [2.75, 3.05) is 26.7 Å². The fourth-order valence-corrected chi connectivity index (χ4v) is 3.40. The molecule has 160 valence electrons. The number of benzene rings is 1. The van der Waals surface area contributed by atoms with E-state index >= 15 is 0 Å². The minimum atomic E-state index is -0.120. The summed E-state index contributed by atoms with van der Waals surface area (Å²) in [5, 5.41) is 11.5. The SMILES string of the molecule is CCNC(=NCC(=O)NCc1ccc(OC)cc1)NCC(C)(C)c1cccs1.I. The highest BCUT2D eigenvalue weighted by Crippen LogP contribution is 2.26. The lowest BCUT2D eigenvalue weighted by Crippen LogP contribution is -2.43. The molecular weight excluding hydrogens is 499 g/mol. The molecule has 0 aliphatic heterocycles. The van der Waals surface area contributed by atoms with Crippen molar-refractivity contribution in [1.29, 1.82) is 0 Å². The van der Waals surface area contributed by atoms with E-state index in [-0.39, 0.29) is 41.8 Å². The molecule has 0 unspecified atom stereocenters. The summed E-state index contributed by atoms with van der Waals surface area (Å²) in [7, 11) is 1.63. The molecule has 29 heavy (non-hydrogen) atoms. The maximum atomic E-state index is 12.1. The van der Waals surface area contributed by atoms with Crippen LogP contribution >= 0.6 is 35.3 Å². The van der Waals surface area contributed by atoms with E-state index in [9.17, 15) is 4.79 Å². The molecule has 1 amide bonds. The Bertz CT molecular complexity index is 761. The number of carbonyl (C=O) groups is 1. The highest BCUT2D eigenvalue weighted by Gasteiger charge is 2.21. The average molecular weight is 530 g/mol. The highest BCUT2D eigenvalue weighted by atomic mass is 127. The van der Waals surface area contributed by atoms with Gasteiger partial charge in [-0.25, -0.2) is 4.99 Å². The van der Waals surface area contributed by atoms with Crippen LogP contribution in [-0.2, 0) is 16.8 Å². The molecule has 6 nitrogen and oxygen atoms in total. The summed E-state index contributed by atoms with van der Waals surface area (Å²) in [6.45, 7) is 8.39. The Labute approximate surface area is 194 Å². The summed E-state index contributed by atoms with van der Waals surface area (Å²) in [6.07, 6.45) is 0. The van der Waals surface area contributed by atoms with Gasteiger partial charge in [0, 0.05) is 29.9 Å². The molecule has 0 spiro atoms. The number of carbonyl (C=O) groups excluding carboxylic acids is 1. The van der Waals surface area contributed by atoms with E-state index in [4.69, 9.17) is 4.74 Å². The zero-order valence-corrected chi connectivity index (χ0v) is 20.6. The minimum absolute atomic E-state index is 0. The first kappa shape index (κ1) is 25.2. The topological polar surface area (TPSA) is 74.8 Å². The van der Waals surface area contributed by atoms with Crippen LogP contribution in [0.25, 0.3) is 0 Å². The number of halogens is 1. The van der Waals surface area contributed by atoms with Gasteiger partial charge in [-0.3, -0.25) is 4.79 Å². The van der Waals surface area contributed by atoms with Crippen LogP contribution < -0.4 is 20.7 Å². The van der Waals surface area contributed by atoms with Crippen LogP contribution in [-0.4, -0.2) is 38.6 Å². The number of nitrogens with one attached hydrogen (secondary N) is 3. The van der Waals surface area contributed by atoms with Gasteiger partial charge in [0.15, 0.2) is 5.96 Å². The standard InChI is InChI=1S/C21H30N4O2S.HI/c1-5-22-20(25-15-21(2,3)18-7-6-12-28-18)24-14-19(26)23-13-16-8-10-17(27-4)11-9-16;/h6-12H,5,13-15H2,1-4H3,(H,23,26)(H2,22,24,25);1H. The van der Waals surface area contributed by atoms with Crippen LogP contribution in [0.4, 0.5) is 0 Å². The number of rotatable bonds is 9. The van der Waals surface area contributed by atoms with Crippen LogP contribution in [0.5, 0.6) is 5.75 Å². The van der Waals surface area contributed by atoms with E-state index in [1.807, 2.05) is 31.2 Å². The van der Waals surface area contributed by atoms with Crippen molar-refractivity contribution >= 4 is 47.2 Å². The number of methoxy groups -OCH3 is 1. The number of ether oxygens (including phenoxy) is 1. The van der Waals surface area contributed by atoms with E-state index in [2.05, 4.69) is 52.3 Å². The van der Waals surface area contributed by atoms with Gasteiger partial charge in [0.05, 0.1) is 7.11 Å². The summed E-state index contributed by atoms with van der Waals surface area (Å²) >= 11 is 1.75. The third-order valence-electron chi connectivity index (χ3n) is 4.26. The number of thiophene rings is 1. The van der Waals surface area contributed by atoms with E-state index < -0.39 is 0 Å². The van der Waals surface area contributed by atoms with Gasteiger partial charge in [-0.1, -0.05) is 32.0 Å². The van der Waals surface area contributed by atoms with Gasteiger partial charge in [0.1, 0.15) is 12.3 Å². The van der Waals surface area contributed by atoms with E-state index in [1.54, 1.807) is 18.4 Å². The second-order valence-electron chi connectivity index (χ2n) is 7.03. The fourth-order valence-electron chi connectivity index (χ4n) is 2.55.